The van der Waals surface area contributed by atoms with Gasteiger partial charge >= 0.3 is 5.97 Å². The Morgan fingerprint density at radius 1 is 1.50 bits per heavy atom. The summed E-state index contributed by atoms with van der Waals surface area (Å²) >= 11 is 0. The van der Waals surface area contributed by atoms with Crippen LogP contribution in [-0.2, 0) is 0 Å². The molecule has 0 spiro atoms. The normalized spacial score (nSPS) is 9.00. The molecule has 0 bridgehead atoms. The van der Waals surface area contributed by atoms with Crippen molar-refractivity contribution in [2.75, 3.05) is 6.61 Å². The van der Waals surface area contributed by atoms with E-state index in [9.17, 15) is 9.18 Å². The minimum Gasteiger partial charge on any atom is -0.478 e. The van der Waals surface area contributed by atoms with E-state index in [1.54, 1.807) is 0 Å². The van der Waals surface area contributed by atoms with E-state index >= 15 is 0 Å². The van der Waals surface area contributed by atoms with E-state index in [0.29, 0.717) is 0 Å². The largest absolute Gasteiger partial charge is 0.478 e. The molecule has 0 aliphatic carbocycles. The molecular formula is C10H7FO3. The highest BCUT2D eigenvalue weighted by atomic mass is 19.1. The Hall–Kier alpha value is -1.86. The van der Waals surface area contributed by atoms with Gasteiger partial charge in [0, 0.05) is 5.56 Å². The molecule has 0 amide bonds. The number of halogens is 1. The average Bonchev–Trinajstić information content (AvgIpc) is 2.14. The molecule has 0 aliphatic rings. The molecule has 14 heavy (non-hydrogen) atoms. The van der Waals surface area contributed by atoms with Crippen LogP contribution in [0.3, 0.4) is 0 Å². The summed E-state index contributed by atoms with van der Waals surface area (Å²) in [4.78, 5) is 10.6. The first-order valence-electron chi connectivity index (χ1n) is 3.77. The maximum absolute atomic E-state index is 12.7. The van der Waals surface area contributed by atoms with Crippen molar-refractivity contribution in [1.29, 1.82) is 0 Å². The lowest BCUT2D eigenvalue weighted by molar-refractivity contribution is 0.0696. The van der Waals surface area contributed by atoms with Gasteiger partial charge in [0.2, 0.25) is 0 Å². The molecule has 1 aromatic carbocycles. The van der Waals surface area contributed by atoms with Crippen LogP contribution >= 0.6 is 0 Å². The topological polar surface area (TPSA) is 57.5 Å². The molecule has 0 aliphatic heterocycles. The van der Waals surface area contributed by atoms with Gasteiger partial charge in [-0.15, -0.1) is 0 Å². The summed E-state index contributed by atoms with van der Waals surface area (Å²) in [5, 5.41) is 17.1. The predicted molar refractivity (Wildman–Crippen MR) is 47.3 cm³/mol. The molecule has 4 heteroatoms. The second kappa shape index (κ2) is 4.40. The second-order valence-electron chi connectivity index (χ2n) is 2.45. The molecule has 1 rings (SSSR count). The maximum Gasteiger partial charge on any atom is 0.336 e. The highest BCUT2D eigenvalue weighted by Gasteiger charge is 2.08. The first-order valence-corrected chi connectivity index (χ1v) is 3.77. The molecule has 0 atom stereocenters. The number of carboxylic acid groups (broad SMARTS) is 1. The Morgan fingerprint density at radius 3 is 2.79 bits per heavy atom. The van der Waals surface area contributed by atoms with E-state index in [4.69, 9.17) is 10.2 Å². The van der Waals surface area contributed by atoms with Crippen LogP contribution in [0, 0.1) is 17.7 Å². The molecular weight excluding hydrogens is 187 g/mol. The van der Waals surface area contributed by atoms with E-state index in [2.05, 4.69) is 11.8 Å². The Kier molecular flexibility index (Phi) is 3.21. The molecule has 0 unspecified atom stereocenters. The summed E-state index contributed by atoms with van der Waals surface area (Å²) in [5.41, 5.74) is -0.0149. The lowest BCUT2D eigenvalue weighted by Gasteiger charge is -1.98. The van der Waals surface area contributed by atoms with Crippen molar-refractivity contribution >= 4 is 5.97 Å². The van der Waals surface area contributed by atoms with E-state index < -0.39 is 18.4 Å². The van der Waals surface area contributed by atoms with Gasteiger partial charge in [-0.2, -0.15) is 0 Å². The molecule has 0 fully saturated rings. The second-order valence-corrected chi connectivity index (χ2v) is 2.45. The number of rotatable bonds is 1. The number of hydrogen-bond acceptors (Lipinski definition) is 2. The van der Waals surface area contributed by atoms with Crippen molar-refractivity contribution in [3.8, 4) is 11.8 Å². The van der Waals surface area contributed by atoms with Crippen LogP contribution in [0.25, 0.3) is 0 Å². The van der Waals surface area contributed by atoms with Gasteiger partial charge in [-0.25, -0.2) is 9.18 Å². The lowest BCUT2D eigenvalue weighted by atomic mass is 10.1. The third-order valence-electron chi connectivity index (χ3n) is 1.51. The van der Waals surface area contributed by atoms with Crippen molar-refractivity contribution in [3.63, 3.8) is 0 Å². The Balaban J connectivity index is 3.22. The minimum absolute atomic E-state index is 0.0616. The van der Waals surface area contributed by atoms with E-state index in [0.717, 1.165) is 18.2 Å². The number of carboxylic acids is 1. The van der Waals surface area contributed by atoms with Crippen LogP contribution in [0.15, 0.2) is 18.2 Å². The molecule has 2 N–H and O–H groups in total. The van der Waals surface area contributed by atoms with Crippen LogP contribution in [-0.4, -0.2) is 22.8 Å². The molecule has 0 heterocycles. The Morgan fingerprint density at radius 2 is 2.21 bits per heavy atom. The zero-order chi connectivity index (χ0) is 10.6. The summed E-state index contributed by atoms with van der Waals surface area (Å²) in [6.07, 6.45) is 0. The van der Waals surface area contributed by atoms with Crippen molar-refractivity contribution in [3.05, 3.63) is 35.1 Å². The molecule has 0 aromatic heterocycles. The van der Waals surface area contributed by atoms with Gasteiger partial charge in [0.05, 0.1) is 5.56 Å². The van der Waals surface area contributed by atoms with Crippen molar-refractivity contribution in [2.45, 2.75) is 0 Å². The van der Waals surface area contributed by atoms with Crippen LogP contribution in [0.4, 0.5) is 4.39 Å². The number of aliphatic hydroxyl groups excluding tert-OH is 1. The highest BCUT2D eigenvalue weighted by Crippen LogP contribution is 2.10. The fourth-order valence-corrected chi connectivity index (χ4v) is 0.941. The first kappa shape index (κ1) is 10.2. The van der Waals surface area contributed by atoms with Gasteiger partial charge in [0.15, 0.2) is 0 Å². The Bertz CT molecular complexity index is 415. The number of aromatic carboxylic acids is 1. The zero-order valence-corrected chi connectivity index (χ0v) is 7.12. The van der Waals surface area contributed by atoms with Gasteiger partial charge in [-0.1, -0.05) is 11.8 Å². The molecule has 72 valence electrons. The average molecular weight is 194 g/mol. The minimum atomic E-state index is -1.17. The van der Waals surface area contributed by atoms with Gasteiger partial charge in [-0.05, 0) is 18.2 Å². The molecule has 0 saturated heterocycles. The van der Waals surface area contributed by atoms with Crippen LogP contribution in [0.2, 0.25) is 0 Å². The number of aliphatic hydroxyl groups is 1. The summed E-state index contributed by atoms with van der Waals surface area (Å²) in [6.45, 7) is -0.393. The van der Waals surface area contributed by atoms with Crippen molar-refractivity contribution < 1.29 is 19.4 Å². The maximum atomic E-state index is 12.7. The lowest BCUT2D eigenvalue weighted by Crippen LogP contribution is -2.00. The quantitative estimate of drug-likeness (QED) is 0.652. The van der Waals surface area contributed by atoms with E-state index in [-0.39, 0.29) is 11.1 Å². The molecule has 3 nitrogen and oxygen atoms in total. The highest BCUT2D eigenvalue weighted by molar-refractivity contribution is 5.90. The summed E-state index contributed by atoms with van der Waals surface area (Å²) < 4.78 is 12.7. The molecule has 0 saturated carbocycles. The summed E-state index contributed by atoms with van der Waals surface area (Å²) in [5.74, 6) is 2.89. The van der Waals surface area contributed by atoms with Crippen molar-refractivity contribution in [2.24, 2.45) is 0 Å². The van der Waals surface area contributed by atoms with Crippen molar-refractivity contribution in [1.82, 2.24) is 0 Å². The van der Waals surface area contributed by atoms with E-state index in [1.807, 2.05) is 0 Å². The fourth-order valence-electron chi connectivity index (χ4n) is 0.941. The fraction of sp³-hybridized carbons (Fsp3) is 0.100. The standard InChI is InChI=1S/C10H7FO3/c11-8-3-4-9(10(13)14)7(6-8)2-1-5-12/h3-4,6,12H,5H2,(H,13,14). The number of carbonyl (C=O) groups is 1. The van der Waals surface area contributed by atoms with Crippen LogP contribution < -0.4 is 0 Å². The zero-order valence-electron chi connectivity index (χ0n) is 7.12. The number of hydrogen-bond donors (Lipinski definition) is 2. The van der Waals surface area contributed by atoms with Gasteiger partial charge < -0.3 is 10.2 Å². The predicted octanol–water partition coefficient (Wildman–Crippen LogP) is 0.868. The molecule has 0 radical (unpaired) electrons. The van der Waals surface area contributed by atoms with Crippen LogP contribution in [0.5, 0.6) is 0 Å². The van der Waals surface area contributed by atoms with Gasteiger partial charge in [0.25, 0.3) is 0 Å². The van der Waals surface area contributed by atoms with Gasteiger partial charge in [0.1, 0.15) is 12.4 Å². The SMILES string of the molecule is O=C(O)c1ccc(F)cc1C#CCO. The molecule has 1 aromatic rings. The summed E-state index contributed by atoms with van der Waals surface area (Å²) in [7, 11) is 0. The summed E-state index contributed by atoms with van der Waals surface area (Å²) in [6, 6.07) is 3.21. The first-order chi connectivity index (χ1) is 6.65. The third kappa shape index (κ3) is 2.31. The number of benzene rings is 1. The smallest absolute Gasteiger partial charge is 0.336 e. The third-order valence-corrected chi connectivity index (χ3v) is 1.51. The van der Waals surface area contributed by atoms with Gasteiger partial charge in [-0.3, -0.25) is 0 Å². The van der Waals surface area contributed by atoms with Crippen LogP contribution in [0.1, 0.15) is 15.9 Å². The van der Waals surface area contributed by atoms with E-state index in [1.165, 1.54) is 0 Å². The monoisotopic (exact) mass is 194 g/mol. The Labute approximate surface area is 79.8 Å².